The van der Waals surface area contributed by atoms with Crippen molar-refractivity contribution in [3.63, 3.8) is 0 Å². The molecule has 0 spiro atoms. The van der Waals surface area contributed by atoms with Crippen LogP contribution in [0.5, 0.6) is 0 Å². The highest BCUT2D eigenvalue weighted by atomic mass is 16.5. The van der Waals surface area contributed by atoms with Crippen LogP contribution in [0.1, 0.15) is 11.4 Å². The van der Waals surface area contributed by atoms with Crippen LogP contribution in [0.15, 0.2) is 0 Å². The van der Waals surface area contributed by atoms with Crippen LogP contribution < -0.4 is 10.6 Å². The molecule has 1 aliphatic heterocycles. The summed E-state index contributed by atoms with van der Waals surface area (Å²) in [6, 6.07) is -0.0591. The first-order chi connectivity index (χ1) is 8.13. The third-order valence-electron chi connectivity index (χ3n) is 2.98. The Bertz CT molecular complexity index is 411. The lowest BCUT2D eigenvalue weighted by Gasteiger charge is -2.36. The molecule has 1 fully saturated rings. The highest BCUT2D eigenvalue weighted by Gasteiger charge is 2.25. The molecule has 0 radical (unpaired) electrons. The van der Waals surface area contributed by atoms with Crippen molar-refractivity contribution >= 4 is 11.6 Å². The van der Waals surface area contributed by atoms with E-state index in [4.69, 9.17) is 10.5 Å². The first-order valence-electron chi connectivity index (χ1n) is 5.69. The molecule has 0 bridgehead atoms. The molecule has 17 heavy (non-hydrogen) atoms. The third kappa shape index (κ3) is 2.32. The van der Waals surface area contributed by atoms with Gasteiger partial charge in [0.05, 0.1) is 25.9 Å². The number of aromatic nitrogens is 2. The van der Waals surface area contributed by atoms with Gasteiger partial charge in [-0.05, 0) is 13.8 Å². The summed E-state index contributed by atoms with van der Waals surface area (Å²) in [5, 5.41) is 9.36. The van der Waals surface area contributed by atoms with Crippen molar-refractivity contribution in [3.05, 3.63) is 11.4 Å². The Labute approximate surface area is 100 Å². The van der Waals surface area contributed by atoms with Gasteiger partial charge >= 0.3 is 0 Å². The van der Waals surface area contributed by atoms with Gasteiger partial charge in [0.25, 0.3) is 0 Å². The molecule has 6 nitrogen and oxygen atoms in total. The van der Waals surface area contributed by atoms with Crippen molar-refractivity contribution in [2.45, 2.75) is 19.9 Å². The molecule has 2 rings (SSSR count). The Hall–Kier alpha value is -1.40. The van der Waals surface area contributed by atoms with Crippen molar-refractivity contribution in [1.82, 2.24) is 9.97 Å². The molecule has 1 aliphatic rings. The fraction of sp³-hybridized carbons (Fsp3) is 0.636. The number of rotatable bonds is 2. The van der Waals surface area contributed by atoms with E-state index in [1.165, 1.54) is 0 Å². The summed E-state index contributed by atoms with van der Waals surface area (Å²) >= 11 is 0. The molecular weight excluding hydrogens is 220 g/mol. The first-order valence-corrected chi connectivity index (χ1v) is 5.69. The second kappa shape index (κ2) is 4.85. The molecule has 1 aromatic heterocycles. The maximum Gasteiger partial charge on any atom is 0.137 e. The van der Waals surface area contributed by atoms with Crippen molar-refractivity contribution in [2.24, 2.45) is 0 Å². The standard InChI is InChI=1S/C11H18N4O2/c1-7-10(12)13-8(2)14-11(7)15-3-4-17-6-9(15)5-16/h9,16H,3-6H2,1-2H3,(H2,12,13,14). The SMILES string of the molecule is Cc1nc(N)c(C)c(N2CCOCC2CO)n1. The van der Waals surface area contributed by atoms with Gasteiger partial charge in [-0.1, -0.05) is 0 Å². The van der Waals surface area contributed by atoms with Crippen LogP contribution in [0.2, 0.25) is 0 Å². The highest BCUT2D eigenvalue weighted by Crippen LogP contribution is 2.24. The average Bonchev–Trinajstić information content (AvgIpc) is 2.33. The molecule has 1 atom stereocenters. The molecule has 1 aromatic rings. The lowest BCUT2D eigenvalue weighted by Crippen LogP contribution is -2.48. The summed E-state index contributed by atoms with van der Waals surface area (Å²) in [4.78, 5) is 10.6. The van der Waals surface area contributed by atoms with Crippen LogP contribution in [0.3, 0.4) is 0 Å². The number of hydrogen-bond acceptors (Lipinski definition) is 6. The quantitative estimate of drug-likeness (QED) is 0.747. The maximum atomic E-state index is 9.36. The van der Waals surface area contributed by atoms with E-state index in [1.807, 2.05) is 18.7 Å². The summed E-state index contributed by atoms with van der Waals surface area (Å²) in [6.45, 7) is 5.61. The summed E-state index contributed by atoms with van der Waals surface area (Å²) in [6.07, 6.45) is 0. The van der Waals surface area contributed by atoms with Gasteiger partial charge in [0.1, 0.15) is 17.5 Å². The van der Waals surface area contributed by atoms with Crippen LogP contribution >= 0.6 is 0 Å². The molecule has 1 unspecified atom stereocenters. The normalized spacial score (nSPS) is 20.6. The van der Waals surface area contributed by atoms with E-state index in [0.717, 1.165) is 11.4 Å². The van der Waals surface area contributed by atoms with E-state index in [0.29, 0.717) is 31.4 Å². The Kier molecular flexibility index (Phi) is 3.44. The summed E-state index contributed by atoms with van der Waals surface area (Å²) in [7, 11) is 0. The minimum absolute atomic E-state index is 0.0440. The zero-order valence-corrected chi connectivity index (χ0v) is 10.2. The number of nitrogens with zero attached hydrogens (tertiary/aromatic N) is 3. The van der Waals surface area contributed by atoms with Gasteiger partial charge in [-0.25, -0.2) is 9.97 Å². The Morgan fingerprint density at radius 1 is 1.47 bits per heavy atom. The van der Waals surface area contributed by atoms with E-state index in [1.54, 1.807) is 0 Å². The predicted molar refractivity (Wildman–Crippen MR) is 65.0 cm³/mol. The van der Waals surface area contributed by atoms with Gasteiger partial charge < -0.3 is 20.5 Å². The Morgan fingerprint density at radius 2 is 2.24 bits per heavy atom. The molecule has 6 heteroatoms. The fourth-order valence-corrected chi connectivity index (χ4v) is 2.00. The number of aryl methyl sites for hydroxylation is 1. The van der Waals surface area contributed by atoms with Crippen molar-refractivity contribution in [1.29, 1.82) is 0 Å². The van der Waals surface area contributed by atoms with Gasteiger partial charge in [-0.3, -0.25) is 0 Å². The number of morpholine rings is 1. The number of nitrogen functional groups attached to an aromatic ring is 1. The lowest BCUT2D eigenvalue weighted by molar-refractivity contribution is 0.0722. The molecule has 0 amide bonds. The van der Waals surface area contributed by atoms with E-state index in [9.17, 15) is 5.11 Å². The van der Waals surface area contributed by atoms with E-state index >= 15 is 0 Å². The first kappa shape index (κ1) is 12.1. The third-order valence-corrected chi connectivity index (χ3v) is 2.98. The monoisotopic (exact) mass is 238 g/mol. The van der Waals surface area contributed by atoms with Gasteiger partial charge in [-0.2, -0.15) is 0 Å². The van der Waals surface area contributed by atoms with Crippen LogP contribution in [0.25, 0.3) is 0 Å². The number of aliphatic hydroxyl groups excluding tert-OH is 1. The molecule has 0 saturated carbocycles. The maximum absolute atomic E-state index is 9.36. The lowest BCUT2D eigenvalue weighted by atomic mass is 10.2. The minimum atomic E-state index is -0.0591. The van der Waals surface area contributed by atoms with E-state index < -0.39 is 0 Å². The van der Waals surface area contributed by atoms with Gasteiger partial charge in [0, 0.05) is 12.1 Å². The molecule has 94 valence electrons. The van der Waals surface area contributed by atoms with E-state index in [2.05, 4.69) is 9.97 Å². The topological polar surface area (TPSA) is 84.5 Å². The average molecular weight is 238 g/mol. The zero-order chi connectivity index (χ0) is 12.4. The smallest absolute Gasteiger partial charge is 0.137 e. The molecule has 1 saturated heterocycles. The van der Waals surface area contributed by atoms with Crippen molar-refractivity contribution in [2.75, 3.05) is 37.0 Å². The predicted octanol–water partition coefficient (Wildman–Crippen LogP) is -0.127. The Balaban J connectivity index is 2.37. The van der Waals surface area contributed by atoms with Crippen LogP contribution in [-0.2, 0) is 4.74 Å². The van der Waals surface area contributed by atoms with Crippen LogP contribution in [0, 0.1) is 13.8 Å². The fourth-order valence-electron chi connectivity index (χ4n) is 2.00. The van der Waals surface area contributed by atoms with Crippen molar-refractivity contribution < 1.29 is 9.84 Å². The number of nitrogens with two attached hydrogens (primary N) is 1. The van der Waals surface area contributed by atoms with E-state index in [-0.39, 0.29) is 12.6 Å². The number of ether oxygens (including phenoxy) is 1. The van der Waals surface area contributed by atoms with Gasteiger partial charge in [0.15, 0.2) is 0 Å². The highest BCUT2D eigenvalue weighted by molar-refractivity contribution is 5.57. The van der Waals surface area contributed by atoms with Crippen LogP contribution in [-0.4, -0.2) is 47.5 Å². The second-order valence-electron chi connectivity index (χ2n) is 4.21. The molecule has 0 aliphatic carbocycles. The summed E-state index contributed by atoms with van der Waals surface area (Å²) in [5.41, 5.74) is 6.70. The summed E-state index contributed by atoms with van der Waals surface area (Å²) in [5.74, 6) is 1.94. The number of anilines is 2. The molecule has 0 aromatic carbocycles. The molecule has 2 heterocycles. The number of hydrogen-bond donors (Lipinski definition) is 2. The Morgan fingerprint density at radius 3 is 2.94 bits per heavy atom. The zero-order valence-electron chi connectivity index (χ0n) is 10.2. The molecular formula is C11H18N4O2. The van der Waals surface area contributed by atoms with Crippen LogP contribution in [0.4, 0.5) is 11.6 Å². The molecule has 3 N–H and O–H groups in total. The van der Waals surface area contributed by atoms with Gasteiger partial charge in [-0.15, -0.1) is 0 Å². The summed E-state index contributed by atoms with van der Waals surface area (Å²) < 4.78 is 5.35. The second-order valence-corrected chi connectivity index (χ2v) is 4.21. The minimum Gasteiger partial charge on any atom is -0.394 e. The largest absolute Gasteiger partial charge is 0.394 e. The number of aliphatic hydroxyl groups is 1. The van der Waals surface area contributed by atoms with Crippen molar-refractivity contribution in [3.8, 4) is 0 Å². The van der Waals surface area contributed by atoms with Gasteiger partial charge in [0.2, 0.25) is 0 Å².